The number of thiazole rings is 1. The van der Waals surface area contributed by atoms with E-state index in [1.807, 2.05) is 93.8 Å². The maximum absolute atomic E-state index is 16.3. The maximum atomic E-state index is 16.3. The van der Waals surface area contributed by atoms with Crippen LogP contribution >= 0.6 is 34.0 Å². The van der Waals surface area contributed by atoms with E-state index >= 15 is 8.78 Å². The van der Waals surface area contributed by atoms with Crippen LogP contribution in [0.4, 0.5) is 19.4 Å². The molecule has 6 fully saturated rings. The zero-order valence-corrected chi connectivity index (χ0v) is 71.4. The van der Waals surface area contributed by atoms with Crippen molar-refractivity contribution in [1.82, 2.24) is 55.0 Å². The number of β-amino-alcohol motifs (C(OH)–C–C–N with tert-alkyl or cyclic N) is 1. The number of piperidine rings is 1. The van der Waals surface area contributed by atoms with Crippen molar-refractivity contribution in [3.8, 4) is 39.2 Å². The lowest BCUT2D eigenvalue weighted by Crippen LogP contribution is -2.57. The molecular weight excluding hydrogens is 1500 g/mol. The molecule has 596 valence electrons. The van der Waals surface area contributed by atoms with Crippen LogP contribution in [0.3, 0.4) is 0 Å². The number of fused-ring (bicyclic) bond motifs is 7. The van der Waals surface area contributed by atoms with Gasteiger partial charge in [0.05, 0.1) is 79.8 Å². The second-order valence-corrected chi connectivity index (χ2v) is 50.2. The molecule has 111 heavy (non-hydrogen) atoms. The number of likely N-dealkylation sites (tertiary alicyclic amines) is 2. The molecule has 4 amide bonds. The Bertz CT molecular complexity index is 4830. The Kier molecular flexibility index (Phi) is 22.7. The third-order valence-corrected chi connectivity index (χ3v) is 35.8. The Hall–Kier alpha value is -7.08. The third-order valence-electron chi connectivity index (χ3n) is 24.8. The first-order valence-corrected chi connectivity index (χ1v) is 48.4. The number of anilines is 1. The summed E-state index contributed by atoms with van der Waals surface area (Å²) in [6.45, 7) is 34.8. The van der Waals surface area contributed by atoms with Crippen molar-refractivity contribution in [2.24, 2.45) is 22.7 Å². The number of aromatic nitrogens is 6. The number of carbonyl (C=O) groups is 4. The Balaban J connectivity index is 0.687. The summed E-state index contributed by atoms with van der Waals surface area (Å²) in [5.74, 6) is -0.0332. The zero-order valence-electron chi connectivity index (χ0n) is 67.0. The van der Waals surface area contributed by atoms with Gasteiger partial charge < -0.3 is 49.8 Å². The number of rotatable bonds is 25. The number of aliphatic hydroxyl groups is 2. The van der Waals surface area contributed by atoms with E-state index in [2.05, 4.69) is 110 Å². The zero-order chi connectivity index (χ0) is 79.2. The van der Waals surface area contributed by atoms with Gasteiger partial charge in [0.1, 0.15) is 49.7 Å². The van der Waals surface area contributed by atoms with E-state index in [9.17, 15) is 29.4 Å². The average molecular weight is 1610 g/mol. The number of alkyl halides is 2. The molecule has 4 saturated heterocycles. The summed E-state index contributed by atoms with van der Waals surface area (Å²) in [6.07, 6.45) is 7.12. The van der Waals surface area contributed by atoms with Gasteiger partial charge in [0, 0.05) is 104 Å². The fraction of sp³-hybridized carbons (Fsp3) is 0.602. The molecule has 4 aliphatic heterocycles. The van der Waals surface area contributed by atoms with Crippen molar-refractivity contribution < 1.29 is 52.4 Å². The molecular formula is C83H110F2N12O9S3Si2. The Morgan fingerprint density at radius 3 is 2.19 bits per heavy atom. The summed E-state index contributed by atoms with van der Waals surface area (Å²) < 4.78 is 55.5. The molecule has 6 aliphatic rings. The summed E-state index contributed by atoms with van der Waals surface area (Å²) >= 11 is 4.69. The molecule has 7 atom stereocenters. The number of amides is 4. The van der Waals surface area contributed by atoms with E-state index in [0.717, 1.165) is 114 Å². The first-order chi connectivity index (χ1) is 52.6. The number of carbonyl (C=O) groups excluding carboxylic acids is 4. The lowest BCUT2D eigenvalue weighted by molar-refractivity contribution is -0.143. The monoisotopic (exact) mass is 1610 g/mol. The quantitative estimate of drug-likeness (QED) is 0.0236. The van der Waals surface area contributed by atoms with Crippen LogP contribution in [0.5, 0.6) is 6.01 Å². The molecule has 2 saturated carbocycles. The summed E-state index contributed by atoms with van der Waals surface area (Å²) in [7, 11) is -3.55. The highest BCUT2D eigenvalue weighted by Crippen LogP contribution is 2.62. The van der Waals surface area contributed by atoms with Gasteiger partial charge in [-0.25, -0.2) is 23.2 Å². The van der Waals surface area contributed by atoms with Crippen LogP contribution in [0.1, 0.15) is 157 Å². The van der Waals surface area contributed by atoms with Crippen LogP contribution < -0.4 is 20.3 Å². The van der Waals surface area contributed by atoms with E-state index in [0.29, 0.717) is 72.4 Å². The van der Waals surface area contributed by atoms with Crippen LogP contribution in [-0.4, -0.2) is 195 Å². The van der Waals surface area contributed by atoms with Crippen LogP contribution in [0.2, 0.25) is 42.3 Å². The molecule has 0 radical (unpaired) electrons. The molecule has 2 aromatic carbocycles. The van der Waals surface area contributed by atoms with Gasteiger partial charge in [0.2, 0.25) is 17.7 Å². The molecule has 14 rings (SSSR count). The van der Waals surface area contributed by atoms with E-state index in [1.54, 1.807) is 16.8 Å². The second kappa shape index (κ2) is 31.3. The topological polar surface area (TPSA) is 243 Å². The number of pyridine rings is 1. The number of halogens is 2. The van der Waals surface area contributed by atoms with Gasteiger partial charge in [-0.1, -0.05) is 105 Å². The highest BCUT2D eigenvalue weighted by Gasteiger charge is 2.72. The molecule has 28 heteroatoms. The van der Waals surface area contributed by atoms with Gasteiger partial charge >= 0.3 is 12.1 Å². The summed E-state index contributed by atoms with van der Waals surface area (Å²) in [5.41, 5.74) is 11.0. The van der Waals surface area contributed by atoms with Crippen molar-refractivity contribution >= 4 is 121 Å². The van der Waals surface area contributed by atoms with Crippen LogP contribution in [-0.2, 0) is 30.6 Å². The number of thiophene rings is 2. The van der Waals surface area contributed by atoms with Crippen molar-refractivity contribution in [3.63, 3.8) is 0 Å². The lowest BCUT2D eigenvalue weighted by atomic mass is 9.56. The number of nitrogens with one attached hydrogen (secondary N) is 2. The van der Waals surface area contributed by atoms with E-state index in [1.165, 1.54) is 27.6 Å². The third kappa shape index (κ3) is 16.1. The Morgan fingerprint density at radius 2 is 1.57 bits per heavy atom. The van der Waals surface area contributed by atoms with E-state index < -0.39 is 69.1 Å². The Morgan fingerprint density at radius 1 is 0.874 bits per heavy atom. The SMILES string of the molecule is Cc1ncsc1-c1ccc([C@H](CO)NC(=O)[C@@H]2C[C@@H](O)CN2C(=O)[C@@H](NC(=O)CC2CC3(CCN(C[C@@]4(COc5nc(N6CC7CCC(C6)N7C(=O)OC(C)(C)C)c6c(n5)sc5c(-c7c8cnn(COCC[Si](C)(C)C)c8cc8scc(C#C[Si](C(C)C)(C(C)C)C(C)C)c78)nccc56)CC4(F)F)CC3)C2)C(C)C)cc1. The number of hydrogen-bond donors (Lipinski definition) is 4. The van der Waals surface area contributed by atoms with Crippen LogP contribution in [0.15, 0.2) is 59.7 Å². The number of aliphatic hydroxyl groups excluding tert-OH is 2. The highest BCUT2D eigenvalue weighted by atomic mass is 32.1. The van der Waals surface area contributed by atoms with Gasteiger partial charge in [0.25, 0.3) is 5.92 Å². The molecule has 2 aliphatic carbocycles. The molecule has 2 unspecified atom stereocenters. The normalized spacial score (nSPS) is 22.0. The molecule has 2 bridgehead atoms. The standard InChI is InChI=1S/C83H110F2N12O9S3Si2/c1-48(2)70(77(102)95-40-59(99)33-64(95)75(101)89-62(41-98)54-16-18-55(19-17-54)72-52(9)87-46-108-72)90-66(100)32-53-35-81(36-53)24-27-93(28-25-81)44-82(43-83(82,84)85)45-105-78-91-74(94-38-57-20-21-58(39-94)97(57)79(103)106-80(10,11)12)69-60-22-26-86-71(73(60)109-76(69)92-78)68-61-37-88-96(47-104-29-31-110(13,14)15)63(61)34-65-67(68)56(42-107-65)23-30-111(49(3)4,50(5)6)51(7)8/h16-19,22,26,34,37,42,46,48-51,53,57-59,62,64,70,98-99H,20-21,24-25,27-29,31-33,35-36,38-41,43-45,47H2,1-15H3,(H,89,101)(H,90,100)/t57?,58?,59-,62+,64+,70+,82-/m1/s1. The van der Waals surface area contributed by atoms with Crippen molar-refractivity contribution in [3.05, 3.63) is 76.5 Å². The van der Waals surface area contributed by atoms with Crippen molar-refractivity contribution in [2.45, 2.75) is 238 Å². The van der Waals surface area contributed by atoms with Gasteiger partial charge in [-0.05, 0) is 142 Å². The summed E-state index contributed by atoms with van der Waals surface area (Å²) in [6, 6.07) is 9.75. The van der Waals surface area contributed by atoms with E-state index in [-0.39, 0.29) is 92.9 Å². The van der Waals surface area contributed by atoms with Crippen LogP contribution in [0, 0.1) is 41.1 Å². The van der Waals surface area contributed by atoms with E-state index in [4.69, 9.17) is 34.3 Å². The van der Waals surface area contributed by atoms with Gasteiger partial charge in [0.15, 0.2) is 0 Å². The average Bonchev–Trinajstić information content (AvgIpc) is 1.56. The predicted octanol–water partition coefficient (Wildman–Crippen LogP) is 15.6. The number of aryl methyl sites for hydroxylation is 1. The smallest absolute Gasteiger partial charge is 0.410 e. The maximum Gasteiger partial charge on any atom is 0.410 e. The second-order valence-electron chi connectivity index (χ2n) is 36.2. The molecule has 4 N–H and O–H groups in total. The number of ether oxygens (including phenoxy) is 3. The predicted molar refractivity (Wildman–Crippen MR) is 442 cm³/mol. The number of hydrogen-bond acceptors (Lipinski definition) is 19. The minimum atomic E-state index is -3.00. The largest absolute Gasteiger partial charge is 0.462 e. The fourth-order valence-corrected chi connectivity index (χ4v) is 27.6. The Labute approximate surface area is 664 Å². The first-order valence-electron chi connectivity index (χ1n) is 39.9. The molecule has 6 aromatic heterocycles. The number of piperazine rings is 1. The first kappa shape index (κ1) is 80.5. The van der Waals surface area contributed by atoms with Crippen molar-refractivity contribution in [1.29, 1.82) is 0 Å². The van der Waals surface area contributed by atoms with Gasteiger partial charge in [-0.2, -0.15) is 15.1 Å². The minimum absolute atomic E-state index is 0.00709. The number of benzene rings is 2. The lowest BCUT2D eigenvalue weighted by Gasteiger charge is -2.52. The van der Waals surface area contributed by atoms with Gasteiger partial charge in [-0.3, -0.25) is 24.3 Å². The number of nitrogens with zero attached hydrogens (tertiary/aromatic N) is 10. The summed E-state index contributed by atoms with van der Waals surface area (Å²) in [5, 5.41) is 38.1. The molecule has 1 spiro atoms. The van der Waals surface area contributed by atoms with Crippen molar-refractivity contribution in [2.75, 3.05) is 64.0 Å². The van der Waals surface area contributed by atoms with Crippen LogP contribution in [0.25, 0.3) is 63.0 Å². The minimum Gasteiger partial charge on any atom is -0.462 e. The molecule has 21 nitrogen and oxygen atoms in total. The molecule has 8 aromatic rings. The summed E-state index contributed by atoms with van der Waals surface area (Å²) in [4.78, 5) is 85.7. The highest BCUT2D eigenvalue weighted by molar-refractivity contribution is 7.26. The van der Waals surface area contributed by atoms with Gasteiger partial charge in [-0.15, -0.1) is 39.6 Å². The fourth-order valence-electron chi connectivity index (χ4n) is 18.8. The molecule has 10 heterocycles.